The maximum atomic E-state index is 12.4. The molecule has 3 nitrogen and oxygen atoms in total. The highest BCUT2D eigenvalue weighted by molar-refractivity contribution is 6.19. The molecule has 0 saturated heterocycles. The minimum atomic E-state index is -0.429. The highest BCUT2D eigenvalue weighted by Crippen LogP contribution is 2.38. The Kier molecular flexibility index (Phi) is 2.07. The second kappa shape index (κ2) is 3.10. The molecule has 0 spiro atoms. The van der Waals surface area contributed by atoms with E-state index in [1.807, 2.05) is 0 Å². The minimum absolute atomic E-state index is 0.0423. The van der Waals surface area contributed by atoms with Crippen LogP contribution in [0.2, 0.25) is 0 Å². The number of nitrogens with zero attached hydrogens (tertiary/aromatic N) is 2. The summed E-state index contributed by atoms with van der Waals surface area (Å²) in [5, 5.41) is 3.09. The number of rotatable bonds is 3. The van der Waals surface area contributed by atoms with Crippen LogP contribution in [-0.2, 0) is 0 Å². The summed E-state index contributed by atoms with van der Waals surface area (Å²) in [6, 6.07) is 0. The Morgan fingerprint density at radius 3 is 2.54 bits per heavy atom. The lowest BCUT2D eigenvalue weighted by Crippen LogP contribution is -2.24. The zero-order valence-corrected chi connectivity index (χ0v) is 7.68. The van der Waals surface area contributed by atoms with Crippen LogP contribution in [0.15, 0.2) is 12.4 Å². The van der Waals surface area contributed by atoms with Gasteiger partial charge in [-0.3, -0.25) is 0 Å². The van der Waals surface area contributed by atoms with Crippen LogP contribution in [0.1, 0.15) is 12.8 Å². The Bertz CT molecular complexity index is 297. The molecule has 1 N–H and O–H groups in total. The summed E-state index contributed by atoms with van der Waals surface area (Å²) in [6.45, 7) is 0. The fourth-order valence-electron chi connectivity index (χ4n) is 1.06. The molecule has 13 heavy (non-hydrogen) atoms. The van der Waals surface area contributed by atoms with Gasteiger partial charge < -0.3 is 5.32 Å². The van der Waals surface area contributed by atoms with Crippen molar-refractivity contribution in [3.05, 3.63) is 18.2 Å². The zero-order valence-electron chi connectivity index (χ0n) is 6.93. The number of alkyl halides is 1. The van der Waals surface area contributed by atoms with Crippen LogP contribution in [0, 0.1) is 5.82 Å². The van der Waals surface area contributed by atoms with Gasteiger partial charge in [0.1, 0.15) is 0 Å². The van der Waals surface area contributed by atoms with Gasteiger partial charge in [0.2, 0.25) is 5.95 Å². The highest BCUT2D eigenvalue weighted by atomic mass is 35.5. The summed E-state index contributed by atoms with van der Waals surface area (Å²) in [4.78, 5) is 7.59. The maximum Gasteiger partial charge on any atom is 0.223 e. The lowest BCUT2D eigenvalue weighted by Gasteiger charge is -2.12. The topological polar surface area (TPSA) is 37.8 Å². The first-order valence-electron chi connectivity index (χ1n) is 4.06. The van der Waals surface area contributed by atoms with Crippen molar-refractivity contribution in [1.29, 1.82) is 0 Å². The van der Waals surface area contributed by atoms with Crippen molar-refractivity contribution in [3.63, 3.8) is 0 Å². The van der Waals surface area contributed by atoms with Gasteiger partial charge in [0.05, 0.1) is 17.9 Å². The maximum absolute atomic E-state index is 12.4. The number of hydrogen-bond acceptors (Lipinski definition) is 3. The van der Waals surface area contributed by atoms with E-state index in [0.29, 0.717) is 11.8 Å². The van der Waals surface area contributed by atoms with Gasteiger partial charge in [0, 0.05) is 5.88 Å². The van der Waals surface area contributed by atoms with Gasteiger partial charge in [-0.05, 0) is 12.8 Å². The van der Waals surface area contributed by atoms with Gasteiger partial charge in [-0.15, -0.1) is 11.6 Å². The van der Waals surface area contributed by atoms with Crippen molar-refractivity contribution in [2.75, 3.05) is 11.2 Å². The Morgan fingerprint density at radius 1 is 1.46 bits per heavy atom. The third kappa shape index (κ3) is 1.88. The molecule has 5 heteroatoms. The average Bonchev–Trinajstić information content (AvgIpc) is 2.90. The van der Waals surface area contributed by atoms with E-state index in [4.69, 9.17) is 11.6 Å². The van der Waals surface area contributed by atoms with Crippen molar-refractivity contribution in [2.45, 2.75) is 18.4 Å². The molecule has 1 heterocycles. The van der Waals surface area contributed by atoms with E-state index in [-0.39, 0.29) is 5.54 Å². The molecule has 1 aromatic heterocycles. The second-order valence-corrected chi connectivity index (χ2v) is 3.53. The van der Waals surface area contributed by atoms with Gasteiger partial charge in [-0.25, -0.2) is 14.4 Å². The first-order valence-corrected chi connectivity index (χ1v) is 4.59. The number of aromatic nitrogens is 2. The fourth-order valence-corrected chi connectivity index (χ4v) is 1.39. The second-order valence-electron chi connectivity index (χ2n) is 3.26. The normalized spacial score (nSPS) is 18.3. The molecule has 70 valence electrons. The summed E-state index contributed by atoms with van der Waals surface area (Å²) >= 11 is 5.74. The van der Waals surface area contributed by atoms with Crippen LogP contribution in [0.3, 0.4) is 0 Å². The van der Waals surface area contributed by atoms with E-state index in [9.17, 15) is 4.39 Å². The van der Waals surface area contributed by atoms with Crippen molar-refractivity contribution in [2.24, 2.45) is 0 Å². The number of halogens is 2. The van der Waals surface area contributed by atoms with Gasteiger partial charge in [-0.2, -0.15) is 0 Å². The van der Waals surface area contributed by atoms with Crippen molar-refractivity contribution in [3.8, 4) is 0 Å². The first-order chi connectivity index (χ1) is 6.24. The zero-order chi connectivity index (χ0) is 9.31. The van der Waals surface area contributed by atoms with Gasteiger partial charge >= 0.3 is 0 Å². The van der Waals surface area contributed by atoms with Gasteiger partial charge in [0.25, 0.3) is 0 Å². The first kappa shape index (κ1) is 8.69. The smallest absolute Gasteiger partial charge is 0.223 e. The van der Waals surface area contributed by atoms with Crippen LogP contribution in [-0.4, -0.2) is 21.4 Å². The molecule has 0 unspecified atom stereocenters. The van der Waals surface area contributed by atoms with Crippen LogP contribution in [0.25, 0.3) is 0 Å². The van der Waals surface area contributed by atoms with Crippen LogP contribution in [0.5, 0.6) is 0 Å². The lowest BCUT2D eigenvalue weighted by atomic mass is 10.3. The molecular formula is C8H9ClFN3. The molecule has 2 rings (SSSR count). The van der Waals surface area contributed by atoms with E-state index in [2.05, 4.69) is 15.3 Å². The number of hydrogen-bond donors (Lipinski definition) is 1. The molecule has 0 atom stereocenters. The van der Waals surface area contributed by atoms with E-state index in [0.717, 1.165) is 25.2 Å². The minimum Gasteiger partial charge on any atom is -0.348 e. The molecular weight excluding hydrogens is 193 g/mol. The lowest BCUT2D eigenvalue weighted by molar-refractivity contribution is 0.613. The molecule has 0 aromatic carbocycles. The van der Waals surface area contributed by atoms with Crippen molar-refractivity contribution in [1.82, 2.24) is 9.97 Å². The van der Waals surface area contributed by atoms with E-state index >= 15 is 0 Å². The van der Waals surface area contributed by atoms with Crippen molar-refractivity contribution < 1.29 is 4.39 Å². The van der Waals surface area contributed by atoms with Crippen molar-refractivity contribution >= 4 is 17.5 Å². The van der Waals surface area contributed by atoms with E-state index < -0.39 is 5.82 Å². The molecule has 1 aliphatic rings. The number of anilines is 1. The summed E-state index contributed by atoms with van der Waals surface area (Å²) in [7, 11) is 0. The Balaban J connectivity index is 2.06. The van der Waals surface area contributed by atoms with Crippen LogP contribution in [0.4, 0.5) is 10.3 Å². The molecule has 1 saturated carbocycles. The highest BCUT2D eigenvalue weighted by Gasteiger charge is 2.42. The molecule has 1 fully saturated rings. The predicted octanol–water partition coefficient (Wildman–Crippen LogP) is 1.80. The largest absolute Gasteiger partial charge is 0.348 e. The third-order valence-electron chi connectivity index (χ3n) is 2.11. The molecule has 0 radical (unpaired) electrons. The summed E-state index contributed by atoms with van der Waals surface area (Å²) in [6.07, 6.45) is 4.33. The average molecular weight is 202 g/mol. The van der Waals surface area contributed by atoms with E-state index in [1.165, 1.54) is 0 Å². The van der Waals surface area contributed by atoms with Crippen LogP contribution >= 0.6 is 11.6 Å². The SMILES string of the molecule is Fc1cnc(NC2(CCl)CC2)nc1. The monoisotopic (exact) mass is 201 g/mol. The fraction of sp³-hybridized carbons (Fsp3) is 0.500. The molecule has 0 aliphatic heterocycles. The van der Waals surface area contributed by atoms with E-state index in [1.54, 1.807) is 0 Å². The Hall–Kier alpha value is -0.900. The summed E-state index contributed by atoms with van der Waals surface area (Å²) in [5.41, 5.74) is -0.0423. The Morgan fingerprint density at radius 2 is 2.08 bits per heavy atom. The third-order valence-corrected chi connectivity index (χ3v) is 2.62. The summed E-state index contributed by atoms with van der Waals surface area (Å²) < 4.78 is 12.4. The molecule has 0 amide bonds. The standard InChI is InChI=1S/C8H9ClFN3/c9-5-8(1-2-8)13-7-11-3-6(10)4-12-7/h3-4H,1-2,5H2,(H,11,12,13). The molecule has 1 aromatic rings. The van der Waals surface area contributed by atoms with Gasteiger partial charge in [0.15, 0.2) is 5.82 Å². The molecule has 0 bridgehead atoms. The van der Waals surface area contributed by atoms with Crippen LogP contribution < -0.4 is 5.32 Å². The van der Waals surface area contributed by atoms with Gasteiger partial charge in [-0.1, -0.05) is 0 Å². The predicted molar refractivity (Wildman–Crippen MR) is 48.3 cm³/mol. The quantitative estimate of drug-likeness (QED) is 0.758. The number of nitrogens with one attached hydrogen (secondary N) is 1. The molecule has 1 aliphatic carbocycles. The summed E-state index contributed by atoms with van der Waals surface area (Å²) in [5.74, 6) is 0.550. The Labute approximate surface area is 80.3 Å².